The molecule has 112 valence electrons. The average molecular weight is 305 g/mol. The van der Waals surface area contributed by atoms with Crippen molar-refractivity contribution in [2.45, 2.75) is 43.8 Å². The Morgan fingerprint density at radius 3 is 2.57 bits per heavy atom. The van der Waals surface area contributed by atoms with Gasteiger partial charge in [0.25, 0.3) is 0 Å². The van der Waals surface area contributed by atoms with E-state index in [4.69, 9.17) is 0 Å². The van der Waals surface area contributed by atoms with E-state index >= 15 is 0 Å². The molecule has 21 heavy (non-hydrogen) atoms. The molecule has 1 N–H and O–H groups in total. The molecule has 0 radical (unpaired) electrons. The highest BCUT2D eigenvalue weighted by atomic mass is 32.2. The van der Waals surface area contributed by atoms with Gasteiger partial charge in [-0.3, -0.25) is 0 Å². The Balaban J connectivity index is 2.24. The van der Waals surface area contributed by atoms with E-state index in [-0.39, 0.29) is 5.82 Å². The minimum absolute atomic E-state index is 0.187. The number of rotatable bonds is 6. The lowest BCUT2D eigenvalue weighted by Crippen LogP contribution is -2.15. The average Bonchev–Trinajstić information content (AvgIpc) is 2.41. The quantitative estimate of drug-likeness (QED) is 0.649. The van der Waals surface area contributed by atoms with Crippen LogP contribution < -0.4 is 5.32 Å². The summed E-state index contributed by atoms with van der Waals surface area (Å²) in [6.07, 6.45) is 1.02. The molecule has 0 amide bonds. The van der Waals surface area contributed by atoms with Crippen LogP contribution in [0.25, 0.3) is 0 Å². The number of benzene rings is 1. The molecule has 0 aliphatic rings. The van der Waals surface area contributed by atoms with Crippen LogP contribution in [0, 0.1) is 19.7 Å². The standard InChI is InChI=1S/C16H20FN3S/c1-4-8-18-10-13-14(17)6-5-7-15(13)21-16-19-11(2)9-12(3)20-16/h5-7,9,18H,4,8,10H2,1-3H3. The molecule has 0 unspecified atom stereocenters. The fourth-order valence-electron chi connectivity index (χ4n) is 2.03. The van der Waals surface area contributed by atoms with Crippen molar-refractivity contribution in [3.63, 3.8) is 0 Å². The summed E-state index contributed by atoms with van der Waals surface area (Å²) in [4.78, 5) is 9.68. The van der Waals surface area contributed by atoms with E-state index in [1.54, 1.807) is 6.07 Å². The number of hydrogen-bond donors (Lipinski definition) is 1. The van der Waals surface area contributed by atoms with Gasteiger partial charge in [-0.25, -0.2) is 14.4 Å². The predicted molar refractivity (Wildman–Crippen MR) is 84.0 cm³/mol. The molecule has 2 rings (SSSR count). The molecule has 0 atom stereocenters. The van der Waals surface area contributed by atoms with Crippen LogP contribution in [-0.2, 0) is 6.54 Å². The Bertz CT molecular complexity index is 596. The molecule has 1 heterocycles. The lowest BCUT2D eigenvalue weighted by Gasteiger charge is -2.11. The monoisotopic (exact) mass is 305 g/mol. The second kappa shape index (κ2) is 7.52. The Hall–Kier alpha value is -1.46. The molecule has 0 saturated heterocycles. The summed E-state index contributed by atoms with van der Waals surface area (Å²) in [6.45, 7) is 7.36. The smallest absolute Gasteiger partial charge is 0.192 e. The predicted octanol–water partition coefficient (Wildman–Crippen LogP) is 3.88. The molecule has 2 aromatic rings. The molecule has 0 saturated carbocycles. The number of halogens is 1. The minimum Gasteiger partial charge on any atom is -0.313 e. The van der Waals surface area contributed by atoms with Crippen LogP contribution in [0.1, 0.15) is 30.3 Å². The summed E-state index contributed by atoms with van der Waals surface area (Å²) < 4.78 is 14.0. The molecule has 3 nitrogen and oxygen atoms in total. The van der Waals surface area contributed by atoms with Gasteiger partial charge in [-0.1, -0.05) is 13.0 Å². The Kier molecular flexibility index (Phi) is 5.70. The first-order valence-electron chi connectivity index (χ1n) is 7.08. The van der Waals surface area contributed by atoms with E-state index in [1.165, 1.54) is 17.8 Å². The molecule has 1 aromatic heterocycles. The van der Waals surface area contributed by atoms with Crippen LogP contribution in [0.4, 0.5) is 4.39 Å². The topological polar surface area (TPSA) is 37.8 Å². The zero-order valence-electron chi connectivity index (χ0n) is 12.6. The van der Waals surface area contributed by atoms with Crippen LogP contribution in [0.2, 0.25) is 0 Å². The number of aromatic nitrogens is 2. The summed E-state index contributed by atoms with van der Waals surface area (Å²) in [5.41, 5.74) is 2.53. The van der Waals surface area contributed by atoms with Crippen LogP contribution >= 0.6 is 11.8 Å². The summed E-state index contributed by atoms with van der Waals surface area (Å²) >= 11 is 1.41. The van der Waals surface area contributed by atoms with E-state index in [9.17, 15) is 4.39 Å². The van der Waals surface area contributed by atoms with Gasteiger partial charge in [0.05, 0.1) is 0 Å². The van der Waals surface area contributed by atoms with Gasteiger partial charge in [-0.15, -0.1) is 0 Å². The molecule has 1 aromatic carbocycles. The van der Waals surface area contributed by atoms with E-state index in [0.29, 0.717) is 17.3 Å². The van der Waals surface area contributed by atoms with Gasteiger partial charge in [0.1, 0.15) is 5.82 Å². The maximum atomic E-state index is 14.0. The third-order valence-corrected chi connectivity index (χ3v) is 3.93. The summed E-state index contributed by atoms with van der Waals surface area (Å²) in [5.74, 6) is -0.187. The molecule has 5 heteroatoms. The van der Waals surface area contributed by atoms with E-state index in [0.717, 1.165) is 29.2 Å². The van der Waals surface area contributed by atoms with Crippen LogP contribution in [0.5, 0.6) is 0 Å². The fourth-order valence-corrected chi connectivity index (χ4v) is 3.05. The summed E-state index contributed by atoms with van der Waals surface area (Å²) in [7, 11) is 0. The van der Waals surface area contributed by atoms with Crippen LogP contribution in [-0.4, -0.2) is 16.5 Å². The molecule has 0 fully saturated rings. The van der Waals surface area contributed by atoms with Gasteiger partial charge < -0.3 is 5.32 Å². The van der Waals surface area contributed by atoms with Crippen molar-refractivity contribution in [2.24, 2.45) is 0 Å². The highest BCUT2D eigenvalue weighted by Crippen LogP contribution is 2.29. The number of nitrogens with one attached hydrogen (secondary N) is 1. The lowest BCUT2D eigenvalue weighted by molar-refractivity contribution is 0.578. The van der Waals surface area contributed by atoms with E-state index < -0.39 is 0 Å². The number of aryl methyl sites for hydroxylation is 2. The molecular weight excluding hydrogens is 285 g/mol. The van der Waals surface area contributed by atoms with Crippen molar-refractivity contribution < 1.29 is 4.39 Å². The molecule has 0 spiro atoms. The number of nitrogens with zero attached hydrogens (tertiary/aromatic N) is 2. The van der Waals surface area contributed by atoms with Gasteiger partial charge in [0, 0.05) is 28.4 Å². The van der Waals surface area contributed by atoms with Crippen molar-refractivity contribution in [2.75, 3.05) is 6.54 Å². The van der Waals surface area contributed by atoms with Crippen molar-refractivity contribution in [3.8, 4) is 0 Å². The number of hydrogen-bond acceptors (Lipinski definition) is 4. The minimum atomic E-state index is -0.187. The third-order valence-electron chi connectivity index (χ3n) is 2.97. The van der Waals surface area contributed by atoms with Crippen LogP contribution in [0.15, 0.2) is 34.3 Å². The zero-order chi connectivity index (χ0) is 15.2. The van der Waals surface area contributed by atoms with Crippen molar-refractivity contribution >= 4 is 11.8 Å². The van der Waals surface area contributed by atoms with E-state index in [2.05, 4.69) is 22.2 Å². The van der Waals surface area contributed by atoms with Crippen LogP contribution in [0.3, 0.4) is 0 Å². The Morgan fingerprint density at radius 2 is 1.90 bits per heavy atom. The van der Waals surface area contributed by atoms with E-state index in [1.807, 2.05) is 26.0 Å². The first-order valence-corrected chi connectivity index (χ1v) is 7.90. The highest BCUT2D eigenvalue weighted by molar-refractivity contribution is 7.99. The molecule has 0 bridgehead atoms. The maximum Gasteiger partial charge on any atom is 0.192 e. The molecular formula is C16H20FN3S. The summed E-state index contributed by atoms with van der Waals surface area (Å²) in [5, 5.41) is 3.91. The Labute approximate surface area is 129 Å². The van der Waals surface area contributed by atoms with Gasteiger partial charge >= 0.3 is 0 Å². The second-order valence-corrected chi connectivity index (χ2v) is 5.94. The maximum absolute atomic E-state index is 14.0. The van der Waals surface area contributed by atoms with Gasteiger partial charge in [0.15, 0.2) is 5.16 Å². The fraction of sp³-hybridized carbons (Fsp3) is 0.375. The first-order chi connectivity index (χ1) is 10.1. The van der Waals surface area contributed by atoms with Gasteiger partial charge in [-0.2, -0.15) is 0 Å². The SMILES string of the molecule is CCCNCc1c(F)cccc1Sc1nc(C)cc(C)n1. The van der Waals surface area contributed by atoms with Crippen molar-refractivity contribution in [1.82, 2.24) is 15.3 Å². The van der Waals surface area contributed by atoms with Crippen molar-refractivity contribution in [1.29, 1.82) is 0 Å². The second-order valence-electron chi connectivity index (χ2n) is 4.93. The highest BCUT2D eigenvalue weighted by Gasteiger charge is 2.11. The molecule has 0 aliphatic heterocycles. The van der Waals surface area contributed by atoms with Crippen molar-refractivity contribution in [3.05, 3.63) is 47.0 Å². The lowest BCUT2D eigenvalue weighted by atomic mass is 10.2. The summed E-state index contributed by atoms with van der Waals surface area (Å²) in [6, 6.07) is 7.07. The largest absolute Gasteiger partial charge is 0.313 e. The zero-order valence-corrected chi connectivity index (χ0v) is 13.4. The first kappa shape index (κ1) is 15.9. The third kappa shape index (κ3) is 4.51. The molecule has 0 aliphatic carbocycles. The normalized spacial score (nSPS) is 10.9. The Morgan fingerprint density at radius 1 is 1.19 bits per heavy atom. The van der Waals surface area contributed by atoms with Gasteiger partial charge in [0.2, 0.25) is 0 Å². The van der Waals surface area contributed by atoms with Gasteiger partial charge in [-0.05, 0) is 56.8 Å².